The summed E-state index contributed by atoms with van der Waals surface area (Å²) in [6, 6.07) is 13.4. The van der Waals surface area contributed by atoms with Crippen LogP contribution in [-0.2, 0) is 16.4 Å². The number of carbonyl (C=O) groups is 1. The summed E-state index contributed by atoms with van der Waals surface area (Å²) in [6.45, 7) is 2.81. The van der Waals surface area contributed by atoms with Gasteiger partial charge in [-0.15, -0.1) is 0 Å². The lowest BCUT2D eigenvalue weighted by atomic mass is 9.87. The number of aryl methyl sites for hydroxylation is 1. The summed E-state index contributed by atoms with van der Waals surface area (Å²) in [7, 11) is -3.63. The maximum atomic E-state index is 13.5. The SMILES string of the molecule is O=C(N[C@H]1CCCc2ccccc21)c1ccc(N2CCCC2)c(S(=O)(=O)N2CCCC2)c1. The van der Waals surface area contributed by atoms with Gasteiger partial charge in [0.15, 0.2) is 0 Å². The summed E-state index contributed by atoms with van der Waals surface area (Å²) in [5.41, 5.74) is 3.60. The molecule has 5 rings (SSSR count). The zero-order valence-electron chi connectivity index (χ0n) is 18.4. The van der Waals surface area contributed by atoms with Gasteiger partial charge in [0.1, 0.15) is 4.90 Å². The summed E-state index contributed by atoms with van der Waals surface area (Å²) < 4.78 is 28.6. The van der Waals surface area contributed by atoms with Crippen molar-refractivity contribution in [1.29, 1.82) is 0 Å². The zero-order valence-corrected chi connectivity index (χ0v) is 19.2. The molecule has 0 radical (unpaired) electrons. The molecule has 2 saturated heterocycles. The molecule has 6 nitrogen and oxygen atoms in total. The number of benzene rings is 2. The number of anilines is 1. The Kier molecular flexibility index (Phi) is 5.95. The second-order valence-corrected chi connectivity index (χ2v) is 11.0. The minimum atomic E-state index is -3.63. The van der Waals surface area contributed by atoms with Crippen LogP contribution in [0.2, 0.25) is 0 Å². The number of sulfonamides is 1. The lowest BCUT2D eigenvalue weighted by Crippen LogP contribution is -2.32. The molecule has 0 bridgehead atoms. The summed E-state index contributed by atoms with van der Waals surface area (Å²) in [5, 5.41) is 3.17. The van der Waals surface area contributed by atoms with Crippen LogP contribution < -0.4 is 10.2 Å². The molecule has 0 unspecified atom stereocenters. The zero-order chi connectivity index (χ0) is 22.1. The van der Waals surface area contributed by atoms with Gasteiger partial charge in [-0.25, -0.2) is 8.42 Å². The van der Waals surface area contributed by atoms with Crippen LogP contribution in [0.1, 0.15) is 66.1 Å². The summed E-state index contributed by atoms with van der Waals surface area (Å²) in [5.74, 6) is -0.211. The van der Waals surface area contributed by atoms with Crippen LogP contribution in [0.4, 0.5) is 5.69 Å². The third-order valence-electron chi connectivity index (χ3n) is 7.03. The molecule has 0 saturated carbocycles. The van der Waals surface area contributed by atoms with Crippen LogP contribution in [0, 0.1) is 0 Å². The van der Waals surface area contributed by atoms with Crippen LogP contribution in [0.3, 0.4) is 0 Å². The fourth-order valence-electron chi connectivity index (χ4n) is 5.29. The highest BCUT2D eigenvalue weighted by atomic mass is 32.2. The second-order valence-electron chi connectivity index (χ2n) is 9.10. The molecule has 0 spiro atoms. The average molecular weight is 454 g/mol. The topological polar surface area (TPSA) is 69.7 Å². The van der Waals surface area contributed by atoms with Gasteiger partial charge in [0.25, 0.3) is 5.91 Å². The minimum absolute atomic E-state index is 0.0376. The van der Waals surface area contributed by atoms with E-state index in [0.717, 1.165) is 63.7 Å². The third-order valence-corrected chi connectivity index (χ3v) is 8.95. The quantitative estimate of drug-likeness (QED) is 0.746. The highest BCUT2D eigenvalue weighted by Gasteiger charge is 2.32. The summed E-state index contributed by atoms with van der Waals surface area (Å²) in [4.78, 5) is 15.6. The van der Waals surface area contributed by atoms with Crippen LogP contribution in [0.25, 0.3) is 0 Å². The van der Waals surface area contributed by atoms with E-state index in [9.17, 15) is 13.2 Å². The summed E-state index contributed by atoms with van der Waals surface area (Å²) in [6.07, 6.45) is 6.86. The average Bonchev–Trinajstić information content (AvgIpc) is 3.54. The lowest BCUT2D eigenvalue weighted by molar-refractivity contribution is 0.0932. The van der Waals surface area contributed by atoms with Gasteiger partial charge in [-0.1, -0.05) is 24.3 Å². The monoisotopic (exact) mass is 453 g/mol. The van der Waals surface area contributed by atoms with Crippen LogP contribution >= 0.6 is 0 Å². The van der Waals surface area contributed by atoms with E-state index in [0.29, 0.717) is 18.7 Å². The molecule has 2 aliphatic heterocycles. The number of nitrogens with one attached hydrogen (secondary N) is 1. The predicted octanol–water partition coefficient (Wildman–Crippen LogP) is 3.88. The Hall–Kier alpha value is -2.38. The number of carbonyl (C=O) groups excluding carboxylic acids is 1. The normalized spacial score (nSPS) is 21.5. The molecule has 2 aromatic carbocycles. The number of fused-ring (bicyclic) bond motifs is 1. The van der Waals surface area contributed by atoms with Crippen LogP contribution in [0.15, 0.2) is 47.4 Å². The van der Waals surface area contributed by atoms with Crippen LogP contribution in [-0.4, -0.2) is 44.8 Å². The first-order valence-corrected chi connectivity index (χ1v) is 13.3. The molecule has 2 aromatic rings. The highest BCUT2D eigenvalue weighted by Crippen LogP contribution is 2.34. The van der Waals surface area contributed by atoms with E-state index < -0.39 is 10.0 Å². The number of nitrogens with zero attached hydrogens (tertiary/aromatic N) is 2. The van der Waals surface area contributed by atoms with E-state index in [2.05, 4.69) is 22.3 Å². The molecule has 1 amide bonds. The van der Waals surface area contributed by atoms with Gasteiger partial charge in [-0.2, -0.15) is 4.31 Å². The first kappa shape index (κ1) is 21.5. The van der Waals surface area contributed by atoms with E-state index in [4.69, 9.17) is 0 Å². The molecular formula is C25H31N3O3S. The first-order chi connectivity index (χ1) is 15.5. The molecule has 2 heterocycles. The lowest BCUT2D eigenvalue weighted by Gasteiger charge is -2.27. The standard InChI is InChI=1S/C25H31N3O3S/c29-25(26-22-11-7-9-19-8-1-2-10-21(19)22)20-12-13-23(27-14-3-4-15-27)24(18-20)32(30,31)28-16-5-6-17-28/h1-2,8,10,12-13,18,22H,3-7,9,11,14-17H2,(H,26,29)/t22-/m0/s1. The molecule has 3 aliphatic rings. The fourth-order valence-corrected chi connectivity index (χ4v) is 7.05. The van der Waals surface area contributed by atoms with Gasteiger partial charge >= 0.3 is 0 Å². The molecule has 2 fully saturated rings. The second kappa shape index (κ2) is 8.87. The van der Waals surface area contributed by atoms with Gasteiger partial charge in [0.05, 0.1) is 11.7 Å². The van der Waals surface area contributed by atoms with E-state index in [1.807, 2.05) is 18.2 Å². The van der Waals surface area contributed by atoms with Crippen molar-refractivity contribution in [2.24, 2.45) is 0 Å². The highest BCUT2D eigenvalue weighted by molar-refractivity contribution is 7.89. The Morgan fingerprint density at radius 3 is 2.41 bits per heavy atom. The van der Waals surface area contributed by atoms with Crippen molar-refractivity contribution in [3.63, 3.8) is 0 Å². The Morgan fingerprint density at radius 1 is 0.906 bits per heavy atom. The summed E-state index contributed by atoms with van der Waals surface area (Å²) >= 11 is 0. The van der Waals surface area contributed by atoms with E-state index in [-0.39, 0.29) is 16.8 Å². The van der Waals surface area contributed by atoms with Gasteiger partial charge in [-0.3, -0.25) is 4.79 Å². The van der Waals surface area contributed by atoms with Crippen molar-refractivity contribution < 1.29 is 13.2 Å². The molecule has 1 aliphatic carbocycles. The number of hydrogen-bond donors (Lipinski definition) is 1. The molecule has 7 heteroatoms. The minimum Gasteiger partial charge on any atom is -0.370 e. The smallest absolute Gasteiger partial charge is 0.251 e. The maximum Gasteiger partial charge on any atom is 0.251 e. The Morgan fingerprint density at radius 2 is 1.62 bits per heavy atom. The third kappa shape index (κ3) is 4.04. The van der Waals surface area contributed by atoms with Crippen LogP contribution in [0.5, 0.6) is 0 Å². The number of rotatable bonds is 5. The van der Waals surface area contributed by atoms with Gasteiger partial charge < -0.3 is 10.2 Å². The van der Waals surface area contributed by atoms with Crippen molar-refractivity contribution in [3.05, 3.63) is 59.2 Å². The van der Waals surface area contributed by atoms with Crippen molar-refractivity contribution in [2.75, 3.05) is 31.1 Å². The van der Waals surface area contributed by atoms with Crippen molar-refractivity contribution >= 4 is 21.6 Å². The maximum absolute atomic E-state index is 13.5. The molecule has 170 valence electrons. The molecular weight excluding hydrogens is 422 g/mol. The van der Waals surface area contributed by atoms with Crippen molar-refractivity contribution in [1.82, 2.24) is 9.62 Å². The molecule has 1 N–H and O–H groups in total. The number of hydrogen-bond acceptors (Lipinski definition) is 4. The Bertz CT molecular complexity index is 1100. The fraction of sp³-hybridized carbons (Fsp3) is 0.480. The van der Waals surface area contributed by atoms with E-state index in [1.165, 1.54) is 11.1 Å². The molecule has 0 aromatic heterocycles. The largest absolute Gasteiger partial charge is 0.370 e. The van der Waals surface area contributed by atoms with Crippen molar-refractivity contribution in [3.8, 4) is 0 Å². The van der Waals surface area contributed by atoms with E-state index in [1.54, 1.807) is 16.4 Å². The number of amides is 1. The van der Waals surface area contributed by atoms with Gasteiger partial charge in [0.2, 0.25) is 10.0 Å². The Balaban J connectivity index is 1.46. The molecule has 1 atom stereocenters. The van der Waals surface area contributed by atoms with E-state index >= 15 is 0 Å². The van der Waals surface area contributed by atoms with Gasteiger partial charge in [-0.05, 0) is 74.3 Å². The van der Waals surface area contributed by atoms with Gasteiger partial charge in [0, 0.05) is 31.7 Å². The van der Waals surface area contributed by atoms with Crippen molar-refractivity contribution in [2.45, 2.75) is 55.9 Å². The Labute approximate surface area is 190 Å². The molecule has 32 heavy (non-hydrogen) atoms. The predicted molar refractivity (Wildman–Crippen MR) is 125 cm³/mol. The first-order valence-electron chi connectivity index (χ1n) is 11.8.